The first kappa shape index (κ1) is 21.3. The zero-order valence-electron chi connectivity index (χ0n) is 16.7. The third-order valence-corrected chi connectivity index (χ3v) is 6.44. The normalized spacial score (nSPS) is 16.6. The van der Waals surface area contributed by atoms with E-state index in [1.807, 2.05) is 37.3 Å². The molecule has 1 aromatic carbocycles. The molecule has 158 valence electrons. The molecule has 0 bridgehead atoms. The Morgan fingerprint density at radius 3 is 2.52 bits per heavy atom. The van der Waals surface area contributed by atoms with E-state index in [1.54, 1.807) is 13.1 Å². The monoisotopic (exact) mass is 421 g/mol. The number of hydrogen-bond donors (Lipinski definition) is 2. The van der Waals surface area contributed by atoms with E-state index < -0.39 is 22.3 Å². The van der Waals surface area contributed by atoms with Crippen LogP contribution in [0.5, 0.6) is 0 Å². The zero-order valence-corrected chi connectivity index (χ0v) is 17.5. The minimum absolute atomic E-state index is 0.220. The maximum Gasteiger partial charge on any atom is 0.409 e. The average molecular weight is 422 g/mol. The van der Waals surface area contributed by atoms with Crippen LogP contribution in [-0.4, -0.2) is 66.5 Å². The van der Waals surface area contributed by atoms with Crippen LogP contribution in [0, 0.1) is 0 Å². The summed E-state index contributed by atoms with van der Waals surface area (Å²) >= 11 is 0. The number of rotatable bonds is 7. The summed E-state index contributed by atoms with van der Waals surface area (Å²) in [6.45, 7) is 4.98. The molecule has 2 N–H and O–H groups in total. The van der Waals surface area contributed by atoms with Gasteiger partial charge in [-0.05, 0) is 18.9 Å². The van der Waals surface area contributed by atoms with Crippen molar-refractivity contribution in [3.8, 4) is 11.3 Å². The highest BCUT2D eigenvalue weighted by molar-refractivity contribution is 7.87. The van der Waals surface area contributed by atoms with E-state index in [-0.39, 0.29) is 13.1 Å². The van der Waals surface area contributed by atoms with Crippen LogP contribution >= 0.6 is 0 Å². The predicted molar refractivity (Wildman–Crippen MR) is 109 cm³/mol. The van der Waals surface area contributed by atoms with E-state index in [2.05, 4.69) is 14.7 Å². The first-order chi connectivity index (χ1) is 13.9. The fourth-order valence-corrected chi connectivity index (χ4v) is 4.62. The van der Waals surface area contributed by atoms with Crippen LogP contribution in [0.2, 0.25) is 0 Å². The van der Waals surface area contributed by atoms with Crippen LogP contribution in [0.25, 0.3) is 11.3 Å². The third-order valence-electron chi connectivity index (χ3n) is 4.81. The highest BCUT2D eigenvalue weighted by Gasteiger charge is 2.31. The molecule has 9 nitrogen and oxygen atoms in total. The van der Waals surface area contributed by atoms with Gasteiger partial charge in [-0.25, -0.2) is 9.78 Å². The van der Waals surface area contributed by atoms with Crippen molar-refractivity contribution in [3.63, 3.8) is 0 Å². The van der Waals surface area contributed by atoms with Crippen LogP contribution in [-0.2, 0) is 14.9 Å². The minimum Gasteiger partial charge on any atom is -0.450 e. The number of benzene rings is 1. The second-order valence-electron chi connectivity index (χ2n) is 6.72. The summed E-state index contributed by atoms with van der Waals surface area (Å²) in [5.74, 6) is 0.570. The Balaban J connectivity index is 1.65. The molecule has 0 aliphatic carbocycles. The number of aromatic amines is 1. The second kappa shape index (κ2) is 9.38. The number of ether oxygens (including phenoxy) is 1. The van der Waals surface area contributed by atoms with E-state index in [0.29, 0.717) is 31.9 Å². The maximum atomic E-state index is 12.8. The van der Waals surface area contributed by atoms with E-state index in [4.69, 9.17) is 4.74 Å². The lowest BCUT2D eigenvalue weighted by atomic mass is 10.2. The Kier molecular flexibility index (Phi) is 6.88. The van der Waals surface area contributed by atoms with E-state index >= 15 is 0 Å². The molecule has 1 unspecified atom stereocenters. The molecule has 3 rings (SSSR count). The largest absolute Gasteiger partial charge is 0.450 e. The summed E-state index contributed by atoms with van der Waals surface area (Å²) in [4.78, 5) is 20.9. The topological polar surface area (TPSA) is 108 Å². The molecule has 1 aromatic heterocycles. The van der Waals surface area contributed by atoms with Crippen molar-refractivity contribution in [3.05, 3.63) is 42.4 Å². The van der Waals surface area contributed by atoms with Crippen LogP contribution in [0.3, 0.4) is 0 Å². The first-order valence-electron chi connectivity index (χ1n) is 9.74. The molecule has 0 spiro atoms. The Labute approximate surface area is 171 Å². The fraction of sp³-hybridized carbons (Fsp3) is 0.474. The van der Waals surface area contributed by atoms with Gasteiger partial charge in [-0.1, -0.05) is 37.3 Å². The molecule has 1 atom stereocenters. The van der Waals surface area contributed by atoms with Crippen LogP contribution in [0.15, 0.2) is 36.5 Å². The maximum absolute atomic E-state index is 12.8. The smallest absolute Gasteiger partial charge is 0.409 e. The first-order valence-corrected chi connectivity index (χ1v) is 11.2. The van der Waals surface area contributed by atoms with Crippen molar-refractivity contribution in [2.75, 3.05) is 32.8 Å². The molecule has 0 radical (unpaired) electrons. The molecule has 29 heavy (non-hydrogen) atoms. The van der Waals surface area contributed by atoms with E-state index in [0.717, 1.165) is 11.3 Å². The molecule has 1 aliphatic heterocycles. The number of amides is 1. The van der Waals surface area contributed by atoms with Crippen LogP contribution in [0.4, 0.5) is 4.79 Å². The Hall–Kier alpha value is -2.43. The van der Waals surface area contributed by atoms with Gasteiger partial charge in [0.25, 0.3) is 10.2 Å². The van der Waals surface area contributed by atoms with Crippen molar-refractivity contribution in [1.82, 2.24) is 23.9 Å². The SMILES string of the molecule is CCOC(=O)N1CCN(S(=O)(=O)NC(CC)c2ncc(-c3ccccc3)[nH]2)CC1. The second-order valence-corrected chi connectivity index (χ2v) is 8.42. The third kappa shape index (κ3) is 5.14. The molecule has 1 fully saturated rings. The molecule has 0 saturated carbocycles. The van der Waals surface area contributed by atoms with Crippen LogP contribution < -0.4 is 4.72 Å². The Morgan fingerprint density at radius 2 is 1.90 bits per heavy atom. The Morgan fingerprint density at radius 1 is 1.21 bits per heavy atom. The number of carbonyl (C=O) groups excluding carboxylic acids is 1. The molecule has 2 heterocycles. The van der Waals surface area contributed by atoms with Gasteiger partial charge in [0.05, 0.1) is 24.5 Å². The number of nitrogens with zero attached hydrogens (tertiary/aromatic N) is 3. The number of piperazine rings is 1. The molecular formula is C19H27N5O4S. The van der Waals surface area contributed by atoms with Crippen LogP contribution in [0.1, 0.15) is 32.1 Å². The summed E-state index contributed by atoms with van der Waals surface area (Å²) in [5.41, 5.74) is 1.82. The number of nitrogens with one attached hydrogen (secondary N) is 2. The minimum atomic E-state index is -3.72. The summed E-state index contributed by atoms with van der Waals surface area (Å²) < 4.78 is 34.7. The van der Waals surface area contributed by atoms with Gasteiger partial charge in [-0.2, -0.15) is 17.4 Å². The lowest BCUT2D eigenvalue weighted by Gasteiger charge is -2.33. The zero-order chi connectivity index (χ0) is 20.9. The van der Waals surface area contributed by atoms with Gasteiger partial charge in [0.2, 0.25) is 0 Å². The number of aromatic nitrogens is 2. The molecule has 10 heteroatoms. The molecule has 1 saturated heterocycles. The van der Waals surface area contributed by atoms with E-state index in [9.17, 15) is 13.2 Å². The molecule has 1 aliphatic rings. The number of H-pyrrole nitrogens is 1. The van der Waals surface area contributed by atoms with Gasteiger partial charge in [0.15, 0.2) is 0 Å². The van der Waals surface area contributed by atoms with Crippen molar-refractivity contribution >= 4 is 16.3 Å². The number of hydrogen-bond acceptors (Lipinski definition) is 5. The van der Waals surface area contributed by atoms with Gasteiger partial charge in [0, 0.05) is 26.2 Å². The average Bonchev–Trinajstić information content (AvgIpc) is 3.23. The summed E-state index contributed by atoms with van der Waals surface area (Å²) in [7, 11) is -3.72. The molecular weight excluding hydrogens is 394 g/mol. The highest BCUT2D eigenvalue weighted by Crippen LogP contribution is 2.21. The van der Waals surface area contributed by atoms with Crippen molar-refractivity contribution in [2.45, 2.75) is 26.3 Å². The van der Waals surface area contributed by atoms with Crippen molar-refractivity contribution in [2.24, 2.45) is 0 Å². The van der Waals surface area contributed by atoms with Gasteiger partial charge < -0.3 is 14.6 Å². The summed E-state index contributed by atoms with van der Waals surface area (Å²) in [5, 5.41) is 0. The Bertz CT molecular complexity index is 908. The van der Waals surface area contributed by atoms with Gasteiger partial charge in [0.1, 0.15) is 5.82 Å². The molecule has 1 amide bonds. The van der Waals surface area contributed by atoms with Gasteiger partial charge >= 0.3 is 6.09 Å². The lowest BCUT2D eigenvalue weighted by Crippen LogP contribution is -2.53. The lowest BCUT2D eigenvalue weighted by molar-refractivity contribution is 0.0931. The van der Waals surface area contributed by atoms with Gasteiger partial charge in [-0.3, -0.25) is 0 Å². The van der Waals surface area contributed by atoms with Crippen molar-refractivity contribution < 1.29 is 17.9 Å². The summed E-state index contributed by atoms with van der Waals surface area (Å²) in [6.07, 6.45) is 1.84. The van der Waals surface area contributed by atoms with E-state index in [1.165, 1.54) is 9.21 Å². The highest BCUT2D eigenvalue weighted by atomic mass is 32.2. The van der Waals surface area contributed by atoms with Crippen molar-refractivity contribution in [1.29, 1.82) is 0 Å². The quantitative estimate of drug-likeness (QED) is 0.712. The number of carbonyl (C=O) groups is 1. The fourth-order valence-electron chi connectivity index (χ4n) is 3.19. The summed E-state index contributed by atoms with van der Waals surface area (Å²) in [6, 6.07) is 9.26. The standard InChI is InChI=1S/C19H27N5O4S/c1-3-16(18-20-14-17(21-18)15-8-6-5-7-9-15)22-29(26,27)24-12-10-23(11-13-24)19(25)28-4-2/h5-9,14,16,22H,3-4,10-13H2,1-2H3,(H,20,21). The predicted octanol–water partition coefficient (Wildman–Crippen LogP) is 2.14. The number of imidazole rings is 1. The molecule has 2 aromatic rings. The van der Waals surface area contributed by atoms with Gasteiger partial charge in [-0.15, -0.1) is 0 Å².